The predicted octanol–water partition coefficient (Wildman–Crippen LogP) is 13.3. The second-order valence-electron chi connectivity index (χ2n) is 14.9. The molecule has 7 aromatic carbocycles. The number of furan rings is 1. The molecule has 0 saturated heterocycles. The predicted molar refractivity (Wildman–Crippen MR) is 209 cm³/mol. The van der Waals surface area contributed by atoms with Gasteiger partial charge in [0.1, 0.15) is 11.2 Å². The molecule has 0 spiro atoms. The van der Waals surface area contributed by atoms with Crippen molar-refractivity contribution in [3.05, 3.63) is 174 Å². The van der Waals surface area contributed by atoms with Crippen LogP contribution in [0.2, 0.25) is 0 Å². The maximum atomic E-state index is 6.91. The molecule has 0 radical (unpaired) electrons. The van der Waals surface area contributed by atoms with Gasteiger partial charge in [-0.05, 0) is 86.5 Å². The number of rotatable bonds is 4. The summed E-state index contributed by atoms with van der Waals surface area (Å²) in [4.78, 5) is 2.47. The van der Waals surface area contributed by atoms with Crippen LogP contribution in [0.5, 0.6) is 0 Å². The lowest BCUT2D eigenvalue weighted by Gasteiger charge is -2.30. The topological polar surface area (TPSA) is 16.4 Å². The molecule has 2 aliphatic carbocycles. The van der Waals surface area contributed by atoms with Crippen LogP contribution in [0.1, 0.15) is 49.9 Å². The van der Waals surface area contributed by atoms with Crippen LogP contribution in [-0.4, -0.2) is 0 Å². The number of benzene rings is 7. The first kappa shape index (κ1) is 29.1. The largest absolute Gasteiger partial charge is 0.455 e. The van der Waals surface area contributed by atoms with Gasteiger partial charge in [0, 0.05) is 33.2 Å². The summed E-state index contributed by atoms with van der Waals surface area (Å²) < 4.78 is 6.91. The number of hydrogen-bond acceptors (Lipinski definition) is 2. The highest BCUT2D eigenvalue weighted by Crippen LogP contribution is 2.57. The van der Waals surface area contributed by atoms with Gasteiger partial charge in [-0.2, -0.15) is 0 Å². The number of para-hydroxylation sites is 1. The Hall–Kier alpha value is -5.86. The Morgan fingerprint density at radius 3 is 1.82 bits per heavy atom. The third-order valence-electron chi connectivity index (χ3n) is 11.5. The highest BCUT2D eigenvalue weighted by atomic mass is 16.3. The molecule has 0 atom stereocenters. The van der Waals surface area contributed by atoms with E-state index in [4.69, 9.17) is 4.42 Å². The van der Waals surface area contributed by atoms with Crippen LogP contribution in [0.4, 0.5) is 17.1 Å². The zero-order chi connectivity index (χ0) is 33.8. The number of nitrogens with zero attached hydrogens (tertiary/aromatic N) is 1. The van der Waals surface area contributed by atoms with E-state index in [1.165, 1.54) is 55.6 Å². The Labute approximate surface area is 293 Å². The maximum Gasteiger partial charge on any atom is 0.145 e. The molecule has 0 fully saturated rings. The highest BCUT2D eigenvalue weighted by molar-refractivity contribution is 6.19. The molecule has 1 aromatic heterocycles. The Morgan fingerprint density at radius 2 is 1.04 bits per heavy atom. The fourth-order valence-electron chi connectivity index (χ4n) is 8.90. The van der Waals surface area contributed by atoms with Gasteiger partial charge in [-0.3, -0.25) is 0 Å². The lowest BCUT2D eigenvalue weighted by atomic mass is 9.81. The third kappa shape index (κ3) is 3.96. The summed E-state index contributed by atoms with van der Waals surface area (Å²) in [5.41, 5.74) is 17.8. The van der Waals surface area contributed by atoms with E-state index >= 15 is 0 Å². The molecule has 240 valence electrons. The Kier molecular flexibility index (Phi) is 6.01. The fraction of sp³-hybridized carbons (Fsp3) is 0.125. The molecule has 50 heavy (non-hydrogen) atoms. The van der Waals surface area contributed by atoms with Crippen LogP contribution in [-0.2, 0) is 10.8 Å². The average molecular weight is 644 g/mol. The molecule has 0 unspecified atom stereocenters. The quantitative estimate of drug-likeness (QED) is 0.190. The standard InChI is InChI=1S/C48H37NO/c1-47(2)38-19-11-8-16-34(38)35-27-26-33(28-40(35)47)49(32-24-22-31(23-25-32)30-14-6-5-7-15-30)42-29-41-44(36-17-9-12-20-39(36)48(41,3)4)46-45(42)37-18-10-13-21-43(37)50-46/h5-29H,1-4H3. The van der Waals surface area contributed by atoms with Crippen LogP contribution in [0.25, 0.3) is 55.3 Å². The van der Waals surface area contributed by atoms with E-state index in [2.05, 4.69) is 184 Å². The SMILES string of the molecule is CC1(C)c2ccccc2-c2ccc(N(c3ccc(-c4ccccc4)cc3)c3cc4c(c5oc6ccccc6c35)-c3ccccc3C4(C)C)cc21. The van der Waals surface area contributed by atoms with Crippen LogP contribution in [0, 0.1) is 0 Å². The number of hydrogen-bond donors (Lipinski definition) is 0. The summed E-state index contributed by atoms with van der Waals surface area (Å²) in [6, 6.07) is 55.5. The van der Waals surface area contributed by atoms with Crippen LogP contribution in [0.3, 0.4) is 0 Å². The lowest BCUT2D eigenvalue weighted by Crippen LogP contribution is -2.18. The summed E-state index contributed by atoms with van der Waals surface area (Å²) in [5.74, 6) is 0. The van der Waals surface area contributed by atoms with E-state index in [-0.39, 0.29) is 10.8 Å². The fourth-order valence-corrected chi connectivity index (χ4v) is 8.90. The summed E-state index contributed by atoms with van der Waals surface area (Å²) in [6.07, 6.45) is 0. The van der Waals surface area contributed by atoms with Crippen LogP contribution >= 0.6 is 0 Å². The van der Waals surface area contributed by atoms with Gasteiger partial charge in [-0.1, -0.05) is 143 Å². The third-order valence-corrected chi connectivity index (χ3v) is 11.5. The molecule has 0 N–H and O–H groups in total. The lowest BCUT2D eigenvalue weighted by molar-refractivity contribution is 0.653. The van der Waals surface area contributed by atoms with Crippen molar-refractivity contribution in [2.24, 2.45) is 0 Å². The zero-order valence-electron chi connectivity index (χ0n) is 28.8. The molecule has 2 aliphatic rings. The van der Waals surface area contributed by atoms with Crippen molar-refractivity contribution in [1.82, 2.24) is 0 Å². The molecular weight excluding hydrogens is 607 g/mol. The van der Waals surface area contributed by atoms with Crippen molar-refractivity contribution in [3.8, 4) is 33.4 Å². The monoisotopic (exact) mass is 643 g/mol. The van der Waals surface area contributed by atoms with Crippen molar-refractivity contribution < 1.29 is 4.42 Å². The smallest absolute Gasteiger partial charge is 0.145 e. The second-order valence-corrected chi connectivity index (χ2v) is 14.9. The summed E-state index contributed by atoms with van der Waals surface area (Å²) in [7, 11) is 0. The van der Waals surface area contributed by atoms with E-state index in [1.807, 2.05) is 0 Å². The van der Waals surface area contributed by atoms with E-state index in [0.717, 1.165) is 39.0 Å². The molecule has 2 heteroatoms. The minimum atomic E-state index is -0.196. The van der Waals surface area contributed by atoms with Gasteiger partial charge in [-0.25, -0.2) is 0 Å². The van der Waals surface area contributed by atoms with Crippen molar-refractivity contribution >= 4 is 39.0 Å². The first-order valence-corrected chi connectivity index (χ1v) is 17.6. The van der Waals surface area contributed by atoms with Gasteiger partial charge in [0.15, 0.2) is 0 Å². The van der Waals surface area contributed by atoms with Gasteiger partial charge in [-0.15, -0.1) is 0 Å². The molecule has 2 nitrogen and oxygen atoms in total. The highest BCUT2D eigenvalue weighted by Gasteiger charge is 2.40. The van der Waals surface area contributed by atoms with Gasteiger partial charge >= 0.3 is 0 Å². The summed E-state index contributed by atoms with van der Waals surface area (Å²) >= 11 is 0. The average Bonchev–Trinajstić information content (AvgIpc) is 3.73. The minimum Gasteiger partial charge on any atom is -0.455 e. The van der Waals surface area contributed by atoms with Crippen molar-refractivity contribution in [3.63, 3.8) is 0 Å². The van der Waals surface area contributed by atoms with E-state index in [0.29, 0.717) is 0 Å². The van der Waals surface area contributed by atoms with E-state index in [1.54, 1.807) is 0 Å². The number of anilines is 3. The Morgan fingerprint density at radius 1 is 0.460 bits per heavy atom. The van der Waals surface area contributed by atoms with Gasteiger partial charge in [0.05, 0.1) is 11.1 Å². The molecule has 0 bridgehead atoms. The van der Waals surface area contributed by atoms with Gasteiger partial charge in [0.25, 0.3) is 0 Å². The molecule has 0 amide bonds. The van der Waals surface area contributed by atoms with E-state index < -0.39 is 0 Å². The van der Waals surface area contributed by atoms with Crippen molar-refractivity contribution in [2.45, 2.75) is 38.5 Å². The molecule has 10 rings (SSSR count). The summed E-state index contributed by atoms with van der Waals surface area (Å²) in [5, 5.41) is 2.27. The molecule has 0 aliphatic heterocycles. The molecule has 8 aromatic rings. The molecular formula is C48H37NO. The van der Waals surface area contributed by atoms with E-state index in [9.17, 15) is 0 Å². The normalized spacial score (nSPS) is 14.7. The van der Waals surface area contributed by atoms with Crippen LogP contribution < -0.4 is 4.90 Å². The first-order valence-electron chi connectivity index (χ1n) is 17.6. The zero-order valence-corrected chi connectivity index (χ0v) is 28.8. The van der Waals surface area contributed by atoms with Crippen molar-refractivity contribution in [1.29, 1.82) is 0 Å². The molecule has 1 heterocycles. The molecule has 0 saturated carbocycles. The first-order chi connectivity index (χ1) is 24.3. The Balaban J connectivity index is 1.28. The van der Waals surface area contributed by atoms with Crippen LogP contribution in [0.15, 0.2) is 156 Å². The maximum absolute atomic E-state index is 6.91. The van der Waals surface area contributed by atoms with Gasteiger partial charge in [0.2, 0.25) is 0 Å². The minimum absolute atomic E-state index is 0.121. The Bertz CT molecular complexity index is 2640. The van der Waals surface area contributed by atoms with Gasteiger partial charge < -0.3 is 9.32 Å². The summed E-state index contributed by atoms with van der Waals surface area (Å²) in [6.45, 7) is 9.42. The van der Waals surface area contributed by atoms with Crippen molar-refractivity contribution in [2.75, 3.05) is 4.90 Å². The second kappa shape index (κ2) is 10.3. The number of fused-ring (bicyclic) bond motifs is 10.